The van der Waals surface area contributed by atoms with E-state index in [1.807, 2.05) is 6.92 Å². The summed E-state index contributed by atoms with van der Waals surface area (Å²) in [6.07, 6.45) is -8.34. The van der Waals surface area contributed by atoms with Gasteiger partial charge in [-0.15, -0.1) is 4.33 Å². The molecule has 2 bridgehead atoms. The minimum atomic E-state index is -5.39. The fraction of sp³-hybridized carbons (Fsp3) is 0.824. The molecule has 0 aromatic heterocycles. The van der Waals surface area contributed by atoms with E-state index in [0.717, 1.165) is 24.8 Å². The zero-order valence-electron chi connectivity index (χ0n) is 30.6. The number of esters is 2. The van der Waals surface area contributed by atoms with Crippen LogP contribution in [0.2, 0.25) is 0 Å². The molecule has 5 aliphatic rings. The summed E-state index contributed by atoms with van der Waals surface area (Å²) >= 11 is -0.121. The average Bonchev–Trinajstić information content (AvgIpc) is 3.26. The van der Waals surface area contributed by atoms with Crippen LogP contribution in [0.1, 0.15) is 85.0 Å². The number of rotatable bonds is 17. The van der Waals surface area contributed by atoms with Crippen molar-refractivity contribution in [3.8, 4) is 0 Å². The summed E-state index contributed by atoms with van der Waals surface area (Å²) in [6.45, 7) is 8.85. The van der Waals surface area contributed by atoms with Gasteiger partial charge in [0.25, 0.3) is 0 Å². The molecule has 0 aromatic carbocycles. The summed E-state index contributed by atoms with van der Waals surface area (Å²) in [5, 5.41) is 44.9. The third kappa shape index (κ3) is 9.65. The maximum absolute atomic E-state index is 13.2. The van der Waals surface area contributed by atoms with Crippen molar-refractivity contribution in [1.29, 1.82) is 0 Å². The Labute approximate surface area is 322 Å². The summed E-state index contributed by atoms with van der Waals surface area (Å²) in [4.78, 5) is 49.6. The SMILES string of the molecule is C=C1C2CCC3C4(C)CC(O[C@H]5O[C@H](COC(=O)CCC(=O)O)[C@@H](OSOO[O-])[C@@H](OS(=O)(=O)O)C5OC(=O)CC(C)C)CC(C(=O)O)C4CCC3(C2)[C@H]1O. The first-order chi connectivity index (χ1) is 25.8. The van der Waals surface area contributed by atoms with Crippen molar-refractivity contribution in [2.75, 3.05) is 6.61 Å². The summed E-state index contributed by atoms with van der Waals surface area (Å²) in [7, 11) is -5.39. The molecule has 19 nitrogen and oxygen atoms in total. The first-order valence-corrected chi connectivity index (χ1v) is 20.2. The Hall–Kier alpha value is -2.44. The lowest BCUT2D eigenvalue weighted by atomic mass is 9.43. The molecule has 0 radical (unpaired) electrons. The molecular weight excluding hydrogens is 776 g/mol. The number of aliphatic hydroxyl groups is 1. The van der Waals surface area contributed by atoms with Crippen LogP contribution in [-0.2, 0) is 66.3 Å². The molecule has 0 amide bonds. The number of carboxylic acids is 2. The van der Waals surface area contributed by atoms with Gasteiger partial charge in [-0.05, 0) is 79.6 Å². The standard InChI is InChI=1S/C34H50O19S2/c1-16(2)11-26(38)49-29-28(51-55(43,44)45)27(50-54-53-52-42)22(15-46-25(37)8-7-24(35)36)48-32(29)47-19-12-20(31(40)41)21-9-10-34-13-18(17(3)30(34)39)5-6-23(34)33(21,4)14-19/h16,18-23,27-30,32,39,42H,3,5-15H2,1-2,4H3,(H,35,36)(H,40,41)(H,43,44,45)/p-1/t18?,19?,20?,21?,22-,23?,27-,28-,29?,30+,32+,33?,34?/m1/s1. The molecule has 13 atom stereocenters. The van der Waals surface area contributed by atoms with Crippen LogP contribution in [0.15, 0.2) is 12.2 Å². The molecule has 1 saturated heterocycles. The lowest BCUT2D eigenvalue weighted by Crippen LogP contribution is -2.64. The maximum Gasteiger partial charge on any atom is 0.397 e. The van der Waals surface area contributed by atoms with E-state index in [9.17, 15) is 47.6 Å². The zero-order chi connectivity index (χ0) is 40.5. The zero-order valence-corrected chi connectivity index (χ0v) is 32.3. The Kier molecular flexibility index (Phi) is 14.0. The first-order valence-electron chi connectivity index (χ1n) is 18.2. The highest BCUT2D eigenvalue weighted by molar-refractivity contribution is 7.89. The largest absolute Gasteiger partial charge is 0.691 e. The number of carbonyl (C=O) groups excluding carboxylic acids is 2. The summed E-state index contributed by atoms with van der Waals surface area (Å²) in [5.74, 6) is -5.57. The molecule has 5 fully saturated rings. The topological polar surface area (TPSA) is 280 Å². The van der Waals surface area contributed by atoms with Crippen molar-refractivity contribution in [2.45, 2.75) is 128 Å². The Morgan fingerprint density at radius 2 is 1.78 bits per heavy atom. The predicted molar refractivity (Wildman–Crippen MR) is 181 cm³/mol. The van der Waals surface area contributed by atoms with E-state index in [2.05, 4.69) is 16.0 Å². The number of carbonyl (C=O) groups is 4. The van der Waals surface area contributed by atoms with Gasteiger partial charge >= 0.3 is 34.3 Å². The molecule has 1 aliphatic heterocycles. The molecule has 4 aliphatic carbocycles. The van der Waals surface area contributed by atoms with Crippen LogP contribution in [0.3, 0.4) is 0 Å². The minimum absolute atomic E-state index is 0.0250. The second-order valence-corrected chi connectivity index (χ2v) is 17.5. The van der Waals surface area contributed by atoms with E-state index in [4.69, 9.17) is 32.4 Å². The fourth-order valence-corrected chi connectivity index (χ4v) is 11.1. The van der Waals surface area contributed by atoms with Crippen LogP contribution in [0.5, 0.6) is 0 Å². The highest BCUT2D eigenvalue weighted by atomic mass is 32.3. The highest BCUT2D eigenvalue weighted by Gasteiger charge is 2.67. The van der Waals surface area contributed by atoms with E-state index < -0.39 is 113 Å². The lowest BCUT2D eigenvalue weighted by molar-refractivity contribution is -0.777. The molecule has 55 heavy (non-hydrogen) atoms. The molecular formula is C34H49O19S2-. The van der Waals surface area contributed by atoms with E-state index in [1.165, 1.54) is 0 Å². The van der Waals surface area contributed by atoms with E-state index in [1.54, 1.807) is 13.8 Å². The van der Waals surface area contributed by atoms with Gasteiger partial charge in [0.2, 0.25) is 0 Å². The molecule has 8 unspecified atom stereocenters. The smallest absolute Gasteiger partial charge is 0.397 e. The third-order valence-corrected chi connectivity index (χ3v) is 13.1. The first kappa shape index (κ1) is 43.7. The molecule has 1 heterocycles. The Morgan fingerprint density at radius 3 is 2.42 bits per heavy atom. The molecule has 0 aromatic rings. The molecule has 4 N–H and O–H groups in total. The van der Waals surface area contributed by atoms with Crippen molar-refractivity contribution in [2.24, 2.45) is 40.4 Å². The van der Waals surface area contributed by atoms with Crippen LogP contribution < -0.4 is 5.26 Å². The highest BCUT2D eigenvalue weighted by Crippen LogP contribution is 2.70. The normalized spacial score (nSPS) is 38.5. The molecule has 5 rings (SSSR count). The van der Waals surface area contributed by atoms with Crippen molar-refractivity contribution < 1.29 is 89.4 Å². The Bertz CT molecular complexity index is 1560. The van der Waals surface area contributed by atoms with E-state index >= 15 is 0 Å². The summed E-state index contributed by atoms with van der Waals surface area (Å²) in [5.41, 5.74) is -0.374. The second kappa shape index (κ2) is 17.6. The number of hydrogen-bond donors (Lipinski definition) is 4. The van der Waals surface area contributed by atoms with Gasteiger partial charge < -0.3 is 39.5 Å². The minimum Gasteiger partial charge on any atom is -0.691 e. The van der Waals surface area contributed by atoms with Crippen LogP contribution in [0.4, 0.5) is 0 Å². The lowest BCUT2D eigenvalue weighted by Gasteiger charge is -2.62. The van der Waals surface area contributed by atoms with Crippen molar-refractivity contribution in [3.63, 3.8) is 0 Å². The number of carboxylic acid groups (broad SMARTS) is 2. The Morgan fingerprint density at radius 1 is 1.05 bits per heavy atom. The summed E-state index contributed by atoms with van der Waals surface area (Å²) in [6, 6.07) is 0. The molecule has 312 valence electrons. The van der Waals surface area contributed by atoms with Gasteiger partial charge in [-0.2, -0.15) is 8.42 Å². The van der Waals surface area contributed by atoms with Gasteiger partial charge in [-0.25, -0.2) is 4.18 Å². The third-order valence-electron chi connectivity index (χ3n) is 12.2. The van der Waals surface area contributed by atoms with Gasteiger partial charge in [0.1, 0.15) is 18.8 Å². The monoisotopic (exact) mass is 825 g/mol. The van der Waals surface area contributed by atoms with Gasteiger partial charge in [-0.3, -0.25) is 33.0 Å². The van der Waals surface area contributed by atoms with Gasteiger partial charge in [-0.1, -0.05) is 27.4 Å². The molecule has 21 heteroatoms. The van der Waals surface area contributed by atoms with E-state index in [-0.39, 0.29) is 55.3 Å². The maximum atomic E-state index is 13.2. The molecule has 4 saturated carbocycles. The quantitative estimate of drug-likeness (QED) is 0.0239. The van der Waals surface area contributed by atoms with Crippen molar-refractivity contribution in [3.05, 3.63) is 12.2 Å². The fourth-order valence-electron chi connectivity index (χ4n) is 10.2. The number of fused-ring (bicyclic) bond motifs is 3. The van der Waals surface area contributed by atoms with Crippen LogP contribution in [0.25, 0.3) is 0 Å². The summed E-state index contributed by atoms with van der Waals surface area (Å²) < 4.78 is 72.6. The Balaban J connectivity index is 1.51. The predicted octanol–water partition coefficient (Wildman–Crippen LogP) is 2.07. The van der Waals surface area contributed by atoms with Gasteiger partial charge in [0, 0.05) is 11.8 Å². The van der Waals surface area contributed by atoms with E-state index in [0.29, 0.717) is 12.8 Å². The van der Waals surface area contributed by atoms with Crippen molar-refractivity contribution in [1.82, 2.24) is 0 Å². The number of aliphatic carboxylic acids is 2. The second-order valence-electron chi connectivity index (χ2n) is 16.0. The van der Waals surface area contributed by atoms with Gasteiger partial charge in [0.15, 0.2) is 30.8 Å². The number of aliphatic hydroxyl groups excluding tert-OH is 1. The number of hydrogen-bond acceptors (Lipinski definition) is 17. The van der Waals surface area contributed by atoms with Gasteiger partial charge in [0.05, 0.1) is 31.0 Å². The van der Waals surface area contributed by atoms with Crippen LogP contribution >= 0.6 is 12.3 Å². The van der Waals surface area contributed by atoms with Crippen molar-refractivity contribution >= 4 is 46.6 Å². The number of ether oxygens (including phenoxy) is 4. The average molecular weight is 826 g/mol. The molecule has 1 spiro atoms. The van der Waals surface area contributed by atoms with Crippen LogP contribution in [-0.4, -0.2) is 102 Å². The van der Waals surface area contributed by atoms with Crippen LogP contribution in [0, 0.1) is 40.4 Å².